The first-order valence-corrected chi connectivity index (χ1v) is 6.43. The van der Waals surface area contributed by atoms with Gasteiger partial charge in [0.1, 0.15) is 0 Å². The zero-order chi connectivity index (χ0) is 10.8. The topological polar surface area (TPSA) is 55.1 Å². The molecule has 80 valence electrons. The molecule has 1 aliphatic rings. The molecule has 1 aliphatic carbocycles. The highest BCUT2D eigenvalue weighted by molar-refractivity contribution is 7.98. The van der Waals surface area contributed by atoms with Crippen molar-refractivity contribution in [1.29, 1.82) is 0 Å². The maximum Gasteiger partial charge on any atom is 0.233 e. The molecule has 5 heteroatoms. The van der Waals surface area contributed by atoms with Crippen LogP contribution in [0.1, 0.15) is 19.8 Å². The van der Waals surface area contributed by atoms with E-state index in [4.69, 9.17) is 18.0 Å². The lowest BCUT2D eigenvalue weighted by Gasteiger charge is -2.17. The van der Waals surface area contributed by atoms with Gasteiger partial charge in [0, 0.05) is 11.8 Å². The number of thiocarbonyl (C=S) groups is 1. The number of carbonyl (C=O) groups excluding carboxylic acids is 1. The molecule has 3 nitrogen and oxygen atoms in total. The first-order chi connectivity index (χ1) is 6.53. The predicted octanol–water partition coefficient (Wildman–Crippen LogP) is 0.920. The van der Waals surface area contributed by atoms with Crippen LogP contribution in [0.15, 0.2) is 0 Å². The van der Waals surface area contributed by atoms with Gasteiger partial charge in [-0.15, -0.1) is 0 Å². The molecule has 1 fully saturated rings. The summed E-state index contributed by atoms with van der Waals surface area (Å²) in [5.41, 5.74) is 5.04. The van der Waals surface area contributed by atoms with Crippen molar-refractivity contribution in [2.45, 2.75) is 25.8 Å². The highest BCUT2D eigenvalue weighted by Crippen LogP contribution is 2.46. The Morgan fingerprint density at radius 1 is 1.71 bits per heavy atom. The Kier molecular flexibility index (Phi) is 3.78. The van der Waals surface area contributed by atoms with Crippen molar-refractivity contribution >= 4 is 34.9 Å². The van der Waals surface area contributed by atoms with Crippen molar-refractivity contribution in [3.63, 3.8) is 0 Å². The Morgan fingerprint density at radius 2 is 2.29 bits per heavy atom. The van der Waals surface area contributed by atoms with Gasteiger partial charge < -0.3 is 11.1 Å². The lowest BCUT2D eigenvalue weighted by atomic mass is 10.1. The highest BCUT2D eigenvalue weighted by Gasteiger charge is 2.52. The van der Waals surface area contributed by atoms with Crippen LogP contribution in [0.25, 0.3) is 0 Å². The number of hydrogen-bond donors (Lipinski definition) is 2. The molecule has 0 aromatic rings. The Bertz CT molecular complexity index is 251. The normalized spacial score (nSPS) is 19.9. The van der Waals surface area contributed by atoms with Crippen molar-refractivity contribution in [2.75, 3.05) is 12.0 Å². The predicted molar refractivity (Wildman–Crippen MR) is 64.4 cm³/mol. The van der Waals surface area contributed by atoms with E-state index in [1.807, 2.05) is 13.2 Å². The fraction of sp³-hybridized carbons (Fsp3) is 0.778. The molecule has 0 aliphatic heterocycles. The van der Waals surface area contributed by atoms with Crippen LogP contribution in [0, 0.1) is 5.41 Å². The minimum Gasteiger partial charge on any atom is -0.392 e. The largest absolute Gasteiger partial charge is 0.392 e. The van der Waals surface area contributed by atoms with Crippen LogP contribution in [0.5, 0.6) is 0 Å². The molecular formula is C9H16N2OS2. The third kappa shape index (κ3) is 2.39. The monoisotopic (exact) mass is 232 g/mol. The second-order valence-electron chi connectivity index (χ2n) is 3.78. The SMILES string of the molecule is CSCC(C)NC(=O)C1(C(N)=S)CC1. The number of hydrogen-bond acceptors (Lipinski definition) is 3. The zero-order valence-corrected chi connectivity index (χ0v) is 10.1. The molecule has 0 aromatic heterocycles. The lowest BCUT2D eigenvalue weighted by Crippen LogP contribution is -2.44. The third-order valence-electron chi connectivity index (χ3n) is 2.45. The minimum absolute atomic E-state index is 0.00606. The van der Waals surface area contributed by atoms with E-state index >= 15 is 0 Å². The van der Waals surface area contributed by atoms with E-state index in [0.717, 1.165) is 18.6 Å². The Hall–Kier alpha value is -0.290. The molecule has 0 bridgehead atoms. The van der Waals surface area contributed by atoms with Crippen LogP contribution >= 0.6 is 24.0 Å². The quantitative estimate of drug-likeness (QED) is 0.692. The van der Waals surface area contributed by atoms with Gasteiger partial charge >= 0.3 is 0 Å². The number of carbonyl (C=O) groups is 1. The maximum atomic E-state index is 11.8. The van der Waals surface area contributed by atoms with Crippen LogP contribution in [-0.2, 0) is 4.79 Å². The van der Waals surface area contributed by atoms with Gasteiger partial charge in [-0.2, -0.15) is 11.8 Å². The molecule has 1 atom stereocenters. The summed E-state index contributed by atoms with van der Waals surface area (Å²) in [6.07, 6.45) is 3.63. The molecule has 0 radical (unpaired) electrons. The molecule has 0 heterocycles. The molecule has 1 saturated carbocycles. The summed E-state index contributed by atoms with van der Waals surface area (Å²) in [5, 5.41) is 2.94. The molecule has 1 unspecified atom stereocenters. The van der Waals surface area contributed by atoms with Gasteiger partial charge in [0.25, 0.3) is 0 Å². The van der Waals surface area contributed by atoms with E-state index < -0.39 is 5.41 Å². The minimum atomic E-state index is -0.512. The molecule has 0 aromatic carbocycles. The Balaban J connectivity index is 2.46. The Labute approximate surface area is 94.2 Å². The number of rotatable bonds is 5. The zero-order valence-electron chi connectivity index (χ0n) is 8.50. The van der Waals surface area contributed by atoms with Crippen LogP contribution < -0.4 is 11.1 Å². The fourth-order valence-electron chi connectivity index (χ4n) is 1.36. The summed E-state index contributed by atoms with van der Waals surface area (Å²) >= 11 is 6.61. The van der Waals surface area contributed by atoms with Crippen LogP contribution in [0.4, 0.5) is 0 Å². The molecule has 0 spiro atoms. The van der Waals surface area contributed by atoms with Crippen molar-refractivity contribution in [3.8, 4) is 0 Å². The number of amides is 1. The molecule has 0 saturated heterocycles. The smallest absolute Gasteiger partial charge is 0.233 e. The van der Waals surface area contributed by atoms with Crippen LogP contribution in [0.3, 0.4) is 0 Å². The van der Waals surface area contributed by atoms with E-state index in [-0.39, 0.29) is 11.9 Å². The summed E-state index contributed by atoms with van der Waals surface area (Å²) in [5.74, 6) is 0.922. The van der Waals surface area contributed by atoms with E-state index in [9.17, 15) is 4.79 Å². The third-order valence-corrected chi connectivity index (χ3v) is 3.67. The van der Waals surface area contributed by atoms with Gasteiger partial charge in [0.05, 0.1) is 10.4 Å². The van der Waals surface area contributed by atoms with E-state index in [1.54, 1.807) is 11.8 Å². The van der Waals surface area contributed by atoms with Crippen molar-refractivity contribution in [1.82, 2.24) is 5.32 Å². The van der Waals surface area contributed by atoms with Gasteiger partial charge in [-0.05, 0) is 26.0 Å². The number of thioether (sulfide) groups is 1. The number of nitrogens with two attached hydrogens (primary N) is 1. The maximum absolute atomic E-state index is 11.8. The van der Waals surface area contributed by atoms with Crippen molar-refractivity contribution in [3.05, 3.63) is 0 Å². The summed E-state index contributed by atoms with van der Waals surface area (Å²) < 4.78 is 0. The van der Waals surface area contributed by atoms with Crippen molar-refractivity contribution < 1.29 is 4.79 Å². The first kappa shape index (κ1) is 11.8. The summed E-state index contributed by atoms with van der Waals surface area (Å²) in [6, 6.07) is 0.185. The second kappa shape index (κ2) is 4.49. The van der Waals surface area contributed by atoms with Crippen LogP contribution in [-0.4, -0.2) is 28.9 Å². The Morgan fingerprint density at radius 3 is 2.64 bits per heavy atom. The average molecular weight is 232 g/mol. The van der Waals surface area contributed by atoms with Crippen molar-refractivity contribution in [2.24, 2.45) is 11.1 Å². The average Bonchev–Trinajstić information content (AvgIpc) is 2.83. The van der Waals surface area contributed by atoms with Gasteiger partial charge in [0.2, 0.25) is 5.91 Å². The van der Waals surface area contributed by atoms with Gasteiger partial charge in [0.15, 0.2) is 0 Å². The van der Waals surface area contributed by atoms with Gasteiger partial charge in [-0.1, -0.05) is 12.2 Å². The van der Waals surface area contributed by atoms with E-state index in [1.165, 1.54) is 0 Å². The fourth-order valence-corrected chi connectivity index (χ4v) is 2.24. The van der Waals surface area contributed by atoms with E-state index in [2.05, 4.69) is 5.32 Å². The summed E-state index contributed by atoms with van der Waals surface area (Å²) in [7, 11) is 0. The second-order valence-corrected chi connectivity index (χ2v) is 5.13. The van der Waals surface area contributed by atoms with Gasteiger partial charge in [-0.3, -0.25) is 4.79 Å². The molecule has 1 amide bonds. The molecule has 1 rings (SSSR count). The lowest BCUT2D eigenvalue weighted by molar-refractivity contribution is -0.124. The first-order valence-electron chi connectivity index (χ1n) is 4.63. The standard InChI is InChI=1S/C9H16N2OS2/c1-6(5-14-2)11-8(12)9(3-4-9)7(10)13/h6H,3-5H2,1-2H3,(H2,10,13)(H,11,12). The summed E-state index contributed by atoms with van der Waals surface area (Å²) in [4.78, 5) is 12.1. The summed E-state index contributed by atoms with van der Waals surface area (Å²) in [6.45, 7) is 1.99. The molecule has 14 heavy (non-hydrogen) atoms. The van der Waals surface area contributed by atoms with Crippen LogP contribution in [0.2, 0.25) is 0 Å². The molecule has 3 N–H and O–H groups in total. The van der Waals surface area contributed by atoms with Gasteiger partial charge in [-0.25, -0.2) is 0 Å². The highest BCUT2D eigenvalue weighted by atomic mass is 32.2. The number of nitrogens with one attached hydrogen (secondary N) is 1. The van der Waals surface area contributed by atoms with E-state index in [0.29, 0.717) is 4.99 Å². The molecular weight excluding hydrogens is 216 g/mol.